The molecule has 4 rings (SSSR count). The third kappa shape index (κ3) is 5.15. The van der Waals surface area contributed by atoms with Gasteiger partial charge in [0.05, 0.1) is 18.6 Å². The van der Waals surface area contributed by atoms with Crippen LogP contribution in [-0.4, -0.2) is 36.7 Å². The lowest BCUT2D eigenvalue weighted by Crippen LogP contribution is -2.36. The van der Waals surface area contributed by atoms with Crippen molar-refractivity contribution in [1.82, 2.24) is 4.90 Å². The molecule has 2 aliphatic rings. The average molecular weight is 410 g/mol. The topological polar surface area (TPSA) is 38.8 Å². The highest BCUT2D eigenvalue weighted by molar-refractivity contribution is 5.84. The second-order valence-corrected chi connectivity index (χ2v) is 8.97. The minimum Gasteiger partial charge on any atom is -0.490 e. The van der Waals surface area contributed by atoms with Gasteiger partial charge in [0, 0.05) is 6.54 Å². The van der Waals surface area contributed by atoms with Crippen molar-refractivity contribution in [3.8, 4) is 5.75 Å². The SMILES string of the molecule is CCOC(=O)C1CCN(Cc2ccc3cc(OC4CCC(CC)C4)ccc3c2)CC1. The lowest BCUT2D eigenvalue weighted by atomic mass is 9.96. The molecule has 1 saturated heterocycles. The largest absolute Gasteiger partial charge is 0.490 e. The van der Waals surface area contributed by atoms with Gasteiger partial charge in [0.2, 0.25) is 0 Å². The van der Waals surface area contributed by atoms with E-state index in [0.29, 0.717) is 12.7 Å². The number of carbonyl (C=O) groups is 1. The Hall–Kier alpha value is -2.07. The quantitative estimate of drug-likeness (QED) is 0.560. The van der Waals surface area contributed by atoms with Gasteiger partial charge in [-0.1, -0.05) is 31.5 Å². The van der Waals surface area contributed by atoms with Crippen LogP contribution >= 0.6 is 0 Å². The molecule has 30 heavy (non-hydrogen) atoms. The van der Waals surface area contributed by atoms with Crippen LogP contribution in [0.2, 0.25) is 0 Å². The molecular weight excluding hydrogens is 374 g/mol. The van der Waals surface area contributed by atoms with Gasteiger partial charge in [-0.3, -0.25) is 9.69 Å². The molecule has 0 aromatic heterocycles. The molecule has 1 heterocycles. The smallest absolute Gasteiger partial charge is 0.309 e. The third-order valence-corrected chi connectivity index (χ3v) is 6.86. The van der Waals surface area contributed by atoms with E-state index >= 15 is 0 Å². The zero-order valence-electron chi connectivity index (χ0n) is 18.4. The van der Waals surface area contributed by atoms with Crippen LogP contribution in [0.3, 0.4) is 0 Å². The van der Waals surface area contributed by atoms with Crippen molar-refractivity contribution in [3.63, 3.8) is 0 Å². The number of rotatable bonds is 7. The zero-order chi connectivity index (χ0) is 20.9. The second-order valence-electron chi connectivity index (χ2n) is 8.97. The molecule has 1 aliphatic carbocycles. The fourth-order valence-corrected chi connectivity index (χ4v) is 4.99. The Kier molecular flexibility index (Phi) is 6.93. The number of fused-ring (bicyclic) bond motifs is 1. The van der Waals surface area contributed by atoms with Gasteiger partial charge in [0.25, 0.3) is 0 Å². The first-order valence-electron chi connectivity index (χ1n) is 11.7. The van der Waals surface area contributed by atoms with Gasteiger partial charge >= 0.3 is 5.97 Å². The Bertz CT molecular complexity index is 856. The first-order chi connectivity index (χ1) is 14.6. The van der Waals surface area contributed by atoms with E-state index in [-0.39, 0.29) is 11.9 Å². The first-order valence-corrected chi connectivity index (χ1v) is 11.7. The zero-order valence-corrected chi connectivity index (χ0v) is 18.4. The van der Waals surface area contributed by atoms with E-state index in [2.05, 4.69) is 48.2 Å². The Labute approximate surface area is 180 Å². The number of ether oxygens (including phenoxy) is 2. The maximum Gasteiger partial charge on any atom is 0.309 e. The summed E-state index contributed by atoms with van der Waals surface area (Å²) in [6, 6.07) is 13.2. The van der Waals surface area contributed by atoms with E-state index in [1.165, 1.54) is 42.0 Å². The normalized spacial score (nSPS) is 23.0. The molecule has 2 atom stereocenters. The molecule has 2 aromatic rings. The molecule has 0 spiro atoms. The molecule has 0 N–H and O–H groups in total. The summed E-state index contributed by atoms with van der Waals surface area (Å²) < 4.78 is 11.4. The Morgan fingerprint density at radius 2 is 1.77 bits per heavy atom. The molecule has 4 nitrogen and oxygen atoms in total. The molecule has 0 amide bonds. The highest BCUT2D eigenvalue weighted by Crippen LogP contribution is 2.32. The molecule has 2 fully saturated rings. The number of nitrogens with zero attached hydrogens (tertiary/aromatic N) is 1. The number of piperidine rings is 1. The highest BCUT2D eigenvalue weighted by Gasteiger charge is 2.26. The van der Waals surface area contributed by atoms with E-state index < -0.39 is 0 Å². The predicted molar refractivity (Wildman–Crippen MR) is 121 cm³/mol. The average Bonchev–Trinajstić information content (AvgIpc) is 3.22. The summed E-state index contributed by atoms with van der Waals surface area (Å²) in [5, 5.41) is 2.50. The molecule has 2 aromatic carbocycles. The van der Waals surface area contributed by atoms with E-state index in [1.807, 2.05) is 6.92 Å². The number of esters is 1. The number of carbonyl (C=O) groups excluding carboxylic acids is 1. The van der Waals surface area contributed by atoms with Crippen molar-refractivity contribution < 1.29 is 14.3 Å². The predicted octanol–water partition coefficient (Wildman–Crippen LogP) is 5.57. The van der Waals surface area contributed by atoms with Gasteiger partial charge in [-0.25, -0.2) is 0 Å². The number of benzene rings is 2. The fourth-order valence-electron chi connectivity index (χ4n) is 4.99. The third-order valence-electron chi connectivity index (χ3n) is 6.86. The van der Waals surface area contributed by atoms with E-state index in [4.69, 9.17) is 9.47 Å². The molecule has 1 aliphatic heterocycles. The van der Waals surface area contributed by atoms with Gasteiger partial charge in [-0.2, -0.15) is 0 Å². The van der Waals surface area contributed by atoms with Gasteiger partial charge in [0.15, 0.2) is 0 Å². The van der Waals surface area contributed by atoms with E-state index in [1.54, 1.807) is 0 Å². The standard InChI is InChI=1S/C26H35NO3/c1-3-19-6-9-24(16-19)30-25-10-8-22-15-20(5-7-23(22)17-25)18-27-13-11-21(12-14-27)26(28)29-4-2/h5,7-8,10,15,17,19,21,24H,3-4,6,9,11-14,16,18H2,1-2H3. The van der Waals surface area contributed by atoms with Gasteiger partial charge in [0.1, 0.15) is 5.75 Å². The monoisotopic (exact) mass is 409 g/mol. The Morgan fingerprint density at radius 3 is 2.50 bits per heavy atom. The molecule has 0 bridgehead atoms. The van der Waals surface area contributed by atoms with Crippen LogP contribution in [0, 0.1) is 11.8 Å². The minimum atomic E-state index is -0.0244. The van der Waals surface area contributed by atoms with Crippen LogP contribution in [-0.2, 0) is 16.1 Å². The van der Waals surface area contributed by atoms with Crippen LogP contribution < -0.4 is 4.74 Å². The van der Waals surface area contributed by atoms with Crippen molar-refractivity contribution in [2.75, 3.05) is 19.7 Å². The van der Waals surface area contributed by atoms with Crippen molar-refractivity contribution in [1.29, 1.82) is 0 Å². The van der Waals surface area contributed by atoms with Gasteiger partial charge in [-0.05, 0) is 92.6 Å². The van der Waals surface area contributed by atoms with Crippen LogP contribution in [0.15, 0.2) is 36.4 Å². The van der Waals surface area contributed by atoms with Gasteiger partial charge < -0.3 is 9.47 Å². The van der Waals surface area contributed by atoms with Crippen molar-refractivity contribution in [2.45, 2.75) is 65.0 Å². The Morgan fingerprint density at radius 1 is 1.00 bits per heavy atom. The molecule has 1 saturated carbocycles. The van der Waals surface area contributed by atoms with Crippen LogP contribution in [0.5, 0.6) is 5.75 Å². The second kappa shape index (κ2) is 9.82. The van der Waals surface area contributed by atoms with Crippen molar-refractivity contribution >= 4 is 16.7 Å². The summed E-state index contributed by atoms with van der Waals surface area (Å²) in [6.45, 7) is 7.47. The Balaban J connectivity index is 1.33. The summed E-state index contributed by atoms with van der Waals surface area (Å²) in [6.07, 6.45) is 7.11. The number of hydrogen-bond acceptors (Lipinski definition) is 4. The lowest BCUT2D eigenvalue weighted by Gasteiger charge is -2.30. The molecule has 2 unspecified atom stereocenters. The summed E-state index contributed by atoms with van der Waals surface area (Å²) in [4.78, 5) is 14.4. The number of likely N-dealkylation sites (tertiary alicyclic amines) is 1. The molecule has 4 heteroatoms. The van der Waals surface area contributed by atoms with Crippen LogP contribution in [0.25, 0.3) is 10.8 Å². The highest BCUT2D eigenvalue weighted by atomic mass is 16.5. The van der Waals surface area contributed by atoms with Crippen LogP contribution in [0.4, 0.5) is 0 Å². The summed E-state index contributed by atoms with van der Waals surface area (Å²) in [7, 11) is 0. The first kappa shape index (κ1) is 21.2. The maximum absolute atomic E-state index is 11.9. The van der Waals surface area contributed by atoms with Crippen molar-refractivity contribution in [2.24, 2.45) is 11.8 Å². The molecular formula is C26H35NO3. The minimum absolute atomic E-state index is 0.0244. The lowest BCUT2D eigenvalue weighted by molar-refractivity contribution is -0.149. The van der Waals surface area contributed by atoms with Gasteiger partial charge in [-0.15, -0.1) is 0 Å². The summed E-state index contributed by atoms with van der Waals surface area (Å²) in [5.41, 5.74) is 1.33. The molecule has 0 radical (unpaired) electrons. The van der Waals surface area contributed by atoms with E-state index in [0.717, 1.165) is 44.1 Å². The van der Waals surface area contributed by atoms with Crippen LogP contribution in [0.1, 0.15) is 57.9 Å². The maximum atomic E-state index is 11.9. The summed E-state index contributed by atoms with van der Waals surface area (Å²) in [5.74, 6) is 1.88. The molecule has 162 valence electrons. The van der Waals surface area contributed by atoms with E-state index in [9.17, 15) is 4.79 Å². The summed E-state index contributed by atoms with van der Waals surface area (Å²) >= 11 is 0. The number of hydrogen-bond donors (Lipinski definition) is 0. The fraction of sp³-hybridized carbons (Fsp3) is 0.577. The van der Waals surface area contributed by atoms with Crippen molar-refractivity contribution in [3.05, 3.63) is 42.0 Å².